The number of halogens is 2. The molecule has 0 aliphatic heterocycles. The maximum atomic E-state index is 12.4. The highest BCUT2D eigenvalue weighted by Gasteiger charge is 2.18. The van der Waals surface area contributed by atoms with Gasteiger partial charge in [-0.1, -0.05) is 0 Å². The zero-order valence-corrected chi connectivity index (χ0v) is 11.4. The van der Waals surface area contributed by atoms with Gasteiger partial charge in [0.2, 0.25) is 0 Å². The Morgan fingerprint density at radius 2 is 2.24 bits per heavy atom. The molecule has 0 amide bonds. The van der Waals surface area contributed by atoms with Gasteiger partial charge in [0.1, 0.15) is 5.75 Å². The quantitative estimate of drug-likeness (QED) is 0.792. The maximum absolute atomic E-state index is 12.4. The van der Waals surface area contributed by atoms with Crippen LogP contribution in [0.1, 0.15) is 17.4 Å². The summed E-state index contributed by atoms with van der Waals surface area (Å²) in [5, 5.41) is 4.00. The van der Waals surface area contributed by atoms with E-state index in [1.807, 2.05) is 0 Å². The molecule has 2 aromatic rings. The van der Waals surface area contributed by atoms with Crippen molar-refractivity contribution in [1.29, 1.82) is 0 Å². The fourth-order valence-electron chi connectivity index (χ4n) is 1.80. The minimum absolute atomic E-state index is 0.0431. The zero-order chi connectivity index (χ0) is 15.4. The van der Waals surface area contributed by atoms with E-state index in [0.717, 1.165) is 0 Å². The first-order chi connectivity index (χ1) is 10.0. The standard InChI is InChI=1S/C13H13F2N3O3/c1-3-20-12(19)9-6-10(18(2)17-9)8-7-16-5-4-11(8)21-13(14)15/h4-7,13H,3H2,1-2H3. The van der Waals surface area contributed by atoms with E-state index in [-0.39, 0.29) is 18.1 Å². The number of aryl methyl sites for hydroxylation is 1. The molecule has 8 heteroatoms. The fourth-order valence-corrected chi connectivity index (χ4v) is 1.80. The number of rotatable bonds is 5. The van der Waals surface area contributed by atoms with E-state index in [0.29, 0.717) is 11.3 Å². The van der Waals surface area contributed by atoms with Crippen molar-refractivity contribution in [2.24, 2.45) is 7.05 Å². The summed E-state index contributed by atoms with van der Waals surface area (Å²) in [6.07, 6.45) is 2.70. The summed E-state index contributed by atoms with van der Waals surface area (Å²) in [4.78, 5) is 15.5. The summed E-state index contributed by atoms with van der Waals surface area (Å²) in [6, 6.07) is 2.76. The van der Waals surface area contributed by atoms with Crippen LogP contribution in [0.2, 0.25) is 0 Å². The molecule has 2 aromatic heterocycles. The summed E-state index contributed by atoms with van der Waals surface area (Å²) in [7, 11) is 1.58. The van der Waals surface area contributed by atoms with Crippen molar-refractivity contribution in [2.75, 3.05) is 6.61 Å². The van der Waals surface area contributed by atoms with Crippen LogP contribution in [0.25, 0.3) is 11.3 Å². The summed E-state index contributed by atoms with van der Waals surface area (Å²) in [6.45, 7) is -1.06. The lowest BCUT2D eigenvalue weighted by Crippen LogP contribution is -2.06. The van der Waals surface area contributed by atoms with E-state index in [4.69, 9.17) is 4.74 Å². The first-order valence-electron chi connectivity index (χ1n) is 6.13. The molecule has 0 aromatic carbocycles. The Labute approximate surface area is 119 Å². The van der Waals surface area contributed by atoms with Crippen LogP contribution in [0.3, 0.4) is 0 Å². The van der Waals surface area contributed by atoms with Gasteiger partial charge in [-0.25, -0.2) is 4.79 Å². The monoisotopic (exact) mass is 297 g/mol. The van der Waals surface area contributed by atoms with Gasteiger partial charge < -0.3 is 9.47 Å². The van der Waals surface area contributed by atoms with Crippen molar-refractivity contribution in [2.45, 2.75) is 13.5 Å². The molecule has 0 aliphatic rings. The van der Waals surface area contributed by atoms with Crippen LogP contribution in [-0.4, -0.2) is 34.0 Å². The lowest BCUT2D eigenvalue weighted by Gasteiger charge is -2.09. The molecule has 0 atom stereocenters. The third-order valence-corrected chi connectivity index (χ3v) is 2.64. The topological polar surface area (TPSA) is 66.2 Å². The second kappa shape index (κ2) is 6.29. The molecule has 2 rings (SSSR count). The molecule has 0 bridgehead atoms. The van der Waals surface area contributed by atoms with E-state index in [1.165, 1.54) is 29.2 Å². The maximum Gasteiger partial charge on any atom is 0.387 e. The van der Waals surface area contributed by atoms with Crippen molar-refractivity contribution in [3.05, 3.63) is 30.2 Å². The number of hydrogen-bond donors (Lipinski definition) is 0. The molecule has 112 valence electrons. The molecular weight excluding hydrogens is 284 g/mol. The highest BCUT2D eigenvalue weighted by atomic mass is 19.3. The van der Waals surface area contributed by atoms with Crippen LogP contribution in [0.5, 0.6) is 5.75 Å². The number of carbonyl (C=O) groups excluding carboxylic acids is 1. The fraction of sp³-hybridized carbons (Fsp3) is 0.308. The van der Waals surface area contributed by atoms with Crippen LogP contribution in [0, 0.1) is 0 Å². The summed E-state index contributed by atoms with van der Waals surface area (Å²) < 4.78 is 35.5. The number of pyridine rings is 1. The van der Waals surface area contributed by atoms with Gasteiger partial charge in [0.05, 0.1) is 17.9 Å². The normalized spacial score (nSPS) is 10.7. The molecule has 0 aliphatic carbocycles. The van der Waals surface area contributed by atoms with Gasteiger partial charge in [0.15, 0.2) is 5.69 Å². The lowest BCUT2D eigenvalue weighted by atomic mass is 10.2. The van der Waals surface area contributed by atoms with E-state index < -0.39 is 12.6 Å². The Balaban J connectivity index is 2.41. The van der Waals surface area contributed by atoms with E-state index >= 15 is 0 Å². The summed E-state index contributed by atoms with van der Waals surface area (Å²) in [5.41, 5.74) is 0.811. The van der Waals surface area contributed by atoms with Gasteiger partial charge in [-0.3, -0.25) is 9.67 Å². The Hall–Kier alpha value is -2.51. The second-order valence-corrected chi connectivity index (χ2v) is 4.01. The highest BCUT2D eigenvalue weighted by Crippen LogP contribution is 2.30. The minimum Gasteiger partial charge on any atom is -0.461 e. The van der Waals surface area contributed by atoms with E-state index in [9.17, 15) is 13.6 Å². The average Bonchev–Trinajstić information content (AvgIpc) is 2.81. The van der Waals surface area contributed by atoms with Crippen molar-refractivity contribution >= 4 is 5.97 Å². The number of nitrogens with zero attached hydrogens (tertiary/aromatic N) is 3. The zero-order valence-electron chi connectivity index (χ0n) is 11.4. The Kier molecular flexibility index (Phi) is 4.46. The van der Waals surface area contributed by atoms with Crippen LogP contribution in [0.4, 0.5) is 8.78 Å². The van der Waals surface area contributed by atoms with Crippen molar-refractivity contribution in [3.8, 4) is 17.0 Å². The van der Waals surface area contributed by atoms with Gasteiger partial charge in [0.25, 0.3) is 0 Å². The molecule has 0 saturated carbocycles. The Morgan fingerprint density at radius 1 is 1.48 bits per heavy atom. The molecule has 0 saturated heterocycles. The number of alkyl halides is 2. The van der Waals surface area contributed by atoms with Gasteiger partial charge in [-0.15, -0.1) is 0 Å². The van der Waals surface area contributed by atoms with Gasteiger partial charge in [0, 0.05) is 19.4 Å². The van der Waals surface area contributed by atoms with Crippen LogP contribution < -0.4 is 4.74 Å². The molecule has 0 N–H and O–H groups in total. The van der Waals surface area contributed by atoms with Crippen LogP contribution in [-0.2, 0) is 11.8 Å². The van der Waals surface area contributed by atoms with Gasteiger partial charge >= 0.3 is 12.6 Å². The van der Waals surface area contributed by atoms with Gasteiger partial charge in [-0.05, 0) is 19.1 Å². The molecule has 0 fully saturated rings. The van der Waals surface area contributed by atoms with Crippen molar-refractivity contribution < 1.29 is 23.0 Å². The predicted octanol–water partition coefficient (Wildman–Crippen LogP) is 2.26. The molecular formula is C13H13F2N3O3. The van der Waals surface area contributed by atoms with Crippen molar-refractivity contribution in [3.63, 3.8) is 0 Å². The average molecular weight is 297 g/mol. The molecule has 21 heavy (non-hydrogen) atoms. The summed E-state index contributed by atoms with van der Waals surface area (Å²) in [5.74, 6) is -0.627. The van der Waals surface area contributed by atoms with E-state index in [1.54, 1.807) is 14.0 Å². The van der Waals surface area contributed by atoms with Crippen molar-refractivity contribution in [1.82, 2.24) is 14.8 Å². The van der Waals surface area contributed by atoms with E-state index in [2.05, 4.69) is 14.8 Å². The number of ether oxygens (including phenoxy) is 2. The third-order valence-electron chi connectivity index (χ3n) is 2.64. The molecule has 6 nitrogen and oxygen atoms in total. The minimum atomic E-state index is -2.95. The Morgan fingerprint density at radius 3 is 2.90 bits per heavy atom. The van der Waals surface area contributed by atoms with Crippen LogP contribution >= 0.6 is 0 Å². The number of esters is 1. The van der Waals surface area contributed by atoms with Gasteiger partial charge in [-0.2, -0.15) is 13.9 Å². The number of carbonyl (C=O) groups is 1. The summed E-state index contributed by atoms with van der Waals surface area (Å²) >= 11 is 0. The largest absolute Gasteiger partial charge is 0.461 e. The molecule has 2 heterocycles. The third kappa shape index (κ3) is 3.33. The highest BCUT2D eigenvalue weighted by molar-refractivity contribution is 5.89. The molecule has 0 radical (unpaired) electrons. The predicted molar refractivity (Wildman–Crippen MR) is 69.0 cm³/mol. The number of aromatic nitrogens is 3. The Bertz CT molecular complexity index is 643. The molecule has 0 unspecified atom stereocenters. The molecule has 0 spiro atoms. The lowest BCUT2D eigenvalue weighted by molar-refractivity contribution is -0.0495. The SMILES string of the molecule is CCOC(=O)c1cc(-c2cnccc2OC(F)F)n(C)n1. The first-order valence-corrected chi connectivity index (χ1v) is 6.13. The first kappa shape index (κ1) is 14.9. The smallest absolute Gasteiger partial charge is 0.387 e. The number of hydrogen-bond acceptors (Lipinski definition) is 5. The second-order valence-electron chi connectivity index (χ2n) is 4.01. The van der Waals surface area contributed by atoms with Crippen LogP contribution in [0.15, 0.2) is 24.5 Å².